The van der Waals surface area contributed by atoms with Crippen LogP contribution in [0, 0.1) is 0 Å². The summed E-state index contributed by atoms with van der Waals surface area (Å²) in [6.45, 7) is 0. The van der Waals surface area contributed by atoms with Crippen molar-refractivity contribution in [2.45, 2.75) is 12.5 Å². The topological polar surface area (TPSA) is 80.7 Å². The minimum absolute atomic E-state index is 0.0140. The summed E-state index contributed by atoms with van der Waals surface area (Å²) in [6.07, 6.45) is 0.108. The summed E-state index contributed by atoms with van der Waals surface area (Å²) < 4.78 is 28.6. The molecule has 1 unspecified atom stereocenters. The van der Waals surface area contributed by atoms with E-state index in [1.165, 1.54) is 18.2 Å². The fourth-order valence-electron chi connectivity index (χ4n) is 1.76. The Hall–Kier alpha value is -1.08. The summed E-state index contributed by atoms with van der Waals surface area (Å²) >= 11 is 3.21. The molecule has 0 bridgehead atoms. The largest absolute Gasteiger partial charge is 0.488 e. The molecule has 1 saturated heterocycles. The second-order valence-corrected chi connectivity index (χ2v) is 7.18. The van der Waals surface area contributed by atoms with Crippen LogP contribution in [0.15, 0.2) is 22.7 Å². The van der Waals surface area contributed by atoms with Crippen LogP contribution in [0.2, 0.25) is 0 Å². The van der Waals surface area contributed by atoms with Crippen LogP contribution in [-0.4, -0.2) is 37.1 Å². The zero-order valence-corrected chi connectivity index (χ0v) is 11.7. The van der Waals surface area contributed by atoms with Gasteiger partial charge >= 0.3 is 5.97 Å². The van der Waals surface area contributed by atoms with Gasteiger partial charge in [0.05, 0.1) is 21.5 Å². The predicted molar refractivity (Wildman–Crippen MR) is 68.8 cm³/mol. The van der Waals surface area contributed by atoms with Crippen LogP contribution in [0.5, 0.6) is 5.75 Å². The molecule has 0 aromatic heterocycles. The van der Waals surface area contributed by atoms with Crippen molar-refractivity contribution < 1.29 is 23.1 Å². The smallest absolute Gasteiger partial charge is 0.335 e. The van der Waals surface area contributed by atoms with Gasteiger partial charge in [0, 0.05) is 0 Å². The van der Waals surface area contributed by atoms with Crippen molar-refractivity contribution >= 4 is 31.7 Å². The van der Waals surface area contributed by atoms with Gasteiger partial charge in [0.2, 0.25) is 0 Å². The molecule has 1 heterocycles. The van der Waals surface area contributed by atoms with E-state index in [9.17, 15) is 13.2 Å². The SMILES string of the molecule is O=C(O)c1ccc(OC2CCS(=O)(=O)C2)c(Br)c1. The highest BCUT2D eigenvalue weighted by atomic mass is 79.9. The quantitative estimate of drug-likeness (QED) is 0.910. The van der Waals surface area contributed by atoms with E-state index in [1.54, 1.807) is 0 Å². The van der Waals surface area contributed by atoms with Crippen molar-refractivity contribution in [2.75, 3.05) is 11.5 Å². The summed E-state index contributed by atoms with van der Waals surface area (Å²) in [5.74, 6) is -0.407. The fourth-order valence-corrected chi connectivity index (χ4v) is 3.82. The number of halogens is 1. The Morgan fingerprint density at radius 2 is 2.17 bits per heavy atom. The molecule has 1 N–H and O–H groups in total. The number of rotatable bonds is 3. The molecule has 0 aliphatic carbocycles. The molecule has 0 spiro atoms. The Kier molecular flexibility index (Phi) is 3.63. The lowest BCUT2D eigenvalue weighted by atomic mass is 10.2. The van der Waals surface area contributed by atoms with Gasteiger partial charge in [0.15, 0.2) is 9.84 Å². The number of benzene rings is 1. The Morgan fingerprint density at radius 1 is 1.44 bits per heavy atom. The second kappa shape index (κ2) is 4.89. The first-order valence-electron chi connectivity index (χ1n) is 5.27. The van der Waals surface area contributed by atoms with Gasteiger partial charge in [0.1, 0.15) is 11.9 Å². The van der Waals surface area contributed by atoms with Gasteiger partial charge in [-0.25, -0.2) is 13.2 Å². The third-order valence-electron chi connectivity index (χ3n) is 2.66. The third kappa shape index (κ3) is 3.02. The molecule has 1 aromatic rings. The van der Waals surface area contributed by atoms with Crippen molar-refractivity contribution in [3.05, 3.63) is 28.2 Å². The average Bonchev–Trinajstić information content (AvgIpc) is 2.61. The molecular formula is C11H11BrO5S. The number of sulfone groups is 1. The van der Waals surface area contributed by atoms with Crippen LogP contribution < -0.4 is 4.74 Å². The van der Waals surface area contributed by atoms with Crippen molar-refractivity contribution in [1.29, 1.82) is 0 Å². The maximum atomic E-state index is 11.3. The van der Waals surface area contributed by atoms with Gasteiger partial charge in [-0.1, -0.05) is 0 Å². The molecule has 18 heavy (non-hydrogen) atoms. The monoisotopic (exact) mass is 334 g/mol. The Labute approximate surface area is 113 Å². The Bertz CT molecular complexity index is 581. The standard InChI is InChI=1S/C11H11BrO5S/c12-9-5-7(11(13)14)1-2-10(9)17-8-3-4-18(15,16)6-8/h1-2,5,8H,3-4,6H2,(H,13,14). The van der Waals surface area contributed by atoms with Gasteiger partial charge in [-0.05, 0) is 40.5 Å². The second-order valence-electron chi connectivity index (χ2n) is 4.09. The molecule has 0 amide bonds. The molecule has 1 atom stereocenters. The van der Waals surface area contributed by atoms with Crippen LogP contribution in [0.4, 0.5) is 0 Å². The number of carboxylic acid groups (broad SMARTS) is 1. The van der Waals surface area contributed by atoms with E-state index in [-0.39, 0.29) is 23.2 Å². The molecule has 1 aliphatic rings. The van der Waals surface area contributed by atoms with Gasteiger partial charge in [-0.15, -0.1) is 0 Å². The molecular weight excluding hydrogens is 324 g/mol. The van der Waals surface area contributed by atoms with E-state index in [1.807, 2.05) is 0 Å². The van der Waals surface area contributed by atoms with E-state index >= 15 is 0 Å². The number of aromatic carboxylic acids is 1. The van der Waals surface area contributed by atoms with E-state index in [0.29, 0.717) is 16.6 Å². The van der Waals surface area contributed by atoms with Crippen molar-refractivity contribution in [3.8, 4) is 5.75 Å². The summed E-state index contributed by atoms with van der Waals surface area (Å²) in [7, 11) is -2.98. The van der Waals surface area contributed by atoms with Crippen LogP contribution >= 0.6 is 15.9 Å². The fraction of sp³-hybridized carbons (Fsp3) is 0.364. The van der Waals surface area contributed by atoms with Crippen LogP contribution in [0.1, 0.15) is 16.8 Å². The lowest BCUT2D eigenvalue weighted by molar-refractivity contribution is 0.0696. The van der Waals surface area contributed by atoms with Crippen LogP contribution in [0.25, 0.3) is 0 Å². The van der Waals surface area contributed by atoms with Gasteiger partial charge in [0.25, 0.3) is 0 Å². The van der Waals surface area contributed by atoms with E-state index in [0.717, 1.165) is 0 Å². The lowest BCUT2D eigenvalue weighted by Gasteiger charge is -2.13. The molecule has 1 aliphatic heterocycles. The van der Waals surface area contributed by atoms with Gasteiger partial charge in [-0.3, -0.25) is 0 Å². The van der Waals surface area contributed by atoms with Crippen LogP contribution in [0.3, 0.4) is 0 Å². The zero-order valence-electron chi connectivity index (χ0n) is 9.30. The first-order valence-corrected chi connectivity index (χ1v) is 7.89. The Morgan fingerprint density at radius 3 is 2.67 bits per heavy atom. The summed E-state index contributed by atoms with van der Waals surface area (Å²) in [6, 6.07) is 4.38. The normalized spacial score (nSPS) is 21.7. The number of carbonyl (C=O) groups is 1. The van der Waals surface area contributed by atoms with E-state index in [2.05, 4.69) is 15.9 Å². The minimum atomic E-state index is -2.98. The maximum Gasteiger partial charge on any atom is 0.335 e. The van der Waals surface area contributed by atoms with Crippen LogP contribution in [-0.2, 0) is 9.84 Å². The van der Waals surface area contributed by atoms with E-state index in [4.69, 9.17) is 9.84 Å². The Balaban J connectivity index is 2.13. The first kappa shape index (κ1) is 13.4. The number of hydrogen-bond donors (Lipinski definition) is 1. The molecule has 7 heteroatoms. The van der Waals surface area contributed by atoms with E-state index < -0.39 is 15.8 Å². The molecule has 98 valence electrons. The molecule has 1 fully saturated rings. The molecule has 5 nitrogen and oxygen atoms in total. The van der Waals surface area contributed by atoms with Gasteiger partial charge in [-0.2, -0.15) is 0 Å². The highest BCUT2D eigenvalue weighted by Gasteiger charge is 2.29. The number of hydrogen-bond acceptors (Lipinski definition) is 4. The third-order valence-corrected chi connectivity index (χ3v) is 5.02. The van der Waals surface area contributed by atoms with Crippen molar-refractivity contribution in [1.82, 2.24) is 0 Å². The molecule has 0 radical (unpaired) electrons. The highest BCUT2D eigenvalue weighted by Crippen LogP contribution is 2.29. The maximum absolute atomic E-state index is 11.3. The molecule has 2 rings (SSSR count). The lowest BCUT2D eigenvalue weighted by Crippen LogP contribution is -2.18. The summed E-state index contributed by atoms with van der Waals surface area (Å²) in [4.78, 5) is 10.8. The summed E-state index contributed by atoms with van der Waals surface area (Å²) in [5.41, 5.74) is 0.147. The molecule has 1 aromatic carbocycles. The first-order chi connectivity index (χ1) is 8.37. The van der Waals surface area contributed by atoms with Gasteiger partial charge < -0.3 is 9.84 Å². The predicted octanol–water partition coefficient (Wildman–Crippen LogP) is 1.71. The average molecular weight is 335 g/mol. The molecule has 0 saturated carbocycles. The highest BCUT2D eigenvalue weighted by molar-refractivity contribution is 9.10. The van der Waals surface area contributed by atoms with Crippen molar-refractivity contribution in [3.63, 3.8) is 0 Å². The number of ether oxygens (including phenoxy) is 1. The minimum Gasteiger partial charge on any atom is -0.488 e. The zero-order chi connectivity index (χ0) is 13.3. The summed E-state index contributed by atoms with van der Waals surface area (Å²) in [5, 5.41) is 8.81. The van der Waals surface area contributed by atoms with Crippen molar-refractivity contribution in [2.24, 2.45) is 0 Å². The number of carboxylic acids is 1.